The molecule has 0 fully saturated rings. The Kier molecular flexibility index (Phi) is 2.52. The van der Waals surface area contributed by atoms with E-state index >= 15 is 0 Å². The third-order valence-electron chi connectivity index (χ3n) is 2.49. The minimum absolute atomic E-state index is 0.0312. The average molecular weight is 214 g/mol. The van der Waals surface area contributed by atoms with E-state index in [2.05, 4.69) is 0 Å². The number of likely N-dealkylation sites (N-methyl/N-ethyl adjacent to an activating group) is 1. The Hall–Kier alpha value is -0.930. The minimum atomic E-state index is 0.0312. The summed E-state index contributed by atoms with van der Waals surface area (Å²) in [5, 5.41) is 9.76. The number of halogens is 1. The molecule has 2 rings (SSSR count). The third-order valence-corrected chi connectivity index (χ3v) is 2.73. The molecule has 1 aliphatic heterocycles. The molecule has 0 saturated heterocycles. The van der Waals surface area contributed by atoms with Crippen molar-refractivity contribution in [2.75, 3.05) is 25.2 Å². The molecule has 1 aliphatic rings. The number of benzene rings is 1. The summed E-state index contributed by atoms with van der Waals surface area (Å²) in [6.45, 7) is 0.596. The van der Waals surface area contributed by atoms with Gasteiger partial charge in [0.2, 0.25) is 0 Å². The first-order valence-corrected chi connectivity index (χ1v) is 4.86. The van der Waals surface area contributed by atoms with Crippen LogP contribution in [0.1, 0.15) is 0 Å². The summed E-state index contributed by atoms with van der Waals surface area (Å²) in [5.74, 6) is 0.782. The number of aliphatic hydroxyl groups excluding tert-OH is 1. The van der Waals surface area contributed by atoms with Crippen molar-refractivity contribution in [3.05, 3.63) is 23.2 Å². The lowest BCUT2D eigenvalue weighted by molar-refractivity contribution is 0.191. The Morgan fingerprint density at radius 3 is 3.14 bits per heavy atom. The lowest BCUT2D eigenvalue weighted by atomic mass is 10.2. The van der Waals surface area contributed by atoms with E-state index in [9.17, 15) is 0 Å². The highest BCUT2D eigenvalue weighted by atomic mass is 35.5. The van der Waals surface area contributed by atoms with Gasteiger partial charge in [-0.3, -0.25) is 0 Å². The fourth-order valence-corrected chi connectivity index (χ4v) is 1.73. The van der Waals surface area contributed by atoms with Gasteiger partial charge >= 0.3 is 0 Å². The number of anilines is 1. The predicted octanol–water partition coefficient (Wildman–Crippen LogP) is 1.53. The van der Waals surface area contributed by atoms with Gasteiger partial charge in [-0.1, -0.05) is 11.6 Å². The Morgan fingerprint density at radius 2 is 2.43 bits per heavy atom. The SMILES string of the molecule is CN1c2ccc(Cl)cc2OCC1CO. The summed E-state index contributed by atoms with van der Waals surface area (Å²) >= 11 is 5.85. The normalized spacial score (nSPS) is 20.2. The zero-order chi connectivity index (χ0) is 10.1. The maximum Gasteiger partial charge on any atom is 0.144 e. The lowest BCUT2D eigenvalue weighted by Crippen LogP contribution is -2.42. The van der Waals surface area contributed by atoms with Crippen LogP contribution in [-0.2, 0) is 0 Å². The zero-order valence-corrected chi connectivity index (χ0v) is 8.66. The smallest absolute Gasteiger partial charge is 0.144 e. The van der Waals surface area contributed by atoms with Gasteiger partial charge in [-0.25, -0.2) is 0 Å². The second kappa shape index (κ2) is 3.67. The van der Waals surface area contributed by atoms with E-state index in [4.69, 9.17) is 21.4 Å². The van der Waals surface area contributed by atoms with Gasteiger partial charge in [0.25, 0.3) is 0 Å². The van der Waals surface area contributed by atoms with Crippen molar-refractivity contribution in [1.82, 2.24) is 0 Å². The van der Waals surface area contributed by atoms with Gasteiger partial charge in [0.05, 0.1) is 18.3 Å². The van der Waals surface area contributed by atoms with Crippen LogP contribution in [0.5, 0.6) is 5.75 Å². The molecule has 0 bridgehead atoms. The van der Waals surface area contributed by atoms with Gasteiger partial charge in [0.15, 0.2) is 0 Å². The lowest BCUT2D eigenvalue weighted by Gasteiger charge is -2.34. The number of ether oxygens (including phenoxy) is 1. The molecule has 0 amide bonds. The number of hydrogen-bond acceptors (Lipinski definition) is 3. The maximum atomic E-state index is 9.09. The molecule has 0 aromatic heterocycles. The summed E-state index contributed by atoms with van der Waals surface area (Å²) < 4.78 is 5.49. The zero-order valence-electron chi connectivity index (χ0n) is 7.90. The molecule has 4 heteroatoms. The minimum Gasteiger partial charge on any atom is -0.489 e. The maximum absolute atomic E-state index is 9.09. The van der Waals surface area contributed by atoms with E-state index in [-0.39, 0.29) is 12.6 Å². The highest BCUT2D eigenvalue weighted by Gasteiger charge is 2.23. The number of aliphatic hydroxyl groups is 1. The first-order chi connectivity index (χ1) is 6.72. The Balaban J connectivity index is 2.36. The number of fused-ring (bicyclic) bond motifs is 1. The largest absolute Gasteiger partial charge is 0.489 e. The molecule has 1 atom stereocenters. The molecule has 1 aromatic carbocycles. The van der Waals surface area contributed by atoms with Crippen molar-refractivity contribution in [2.24, 2.45) is 0 Å². The second-order valence-electron chi connectivity index (χ2n) is 3.37. The van der Waals surface area contributed by atoms with Crippen LogP contribution in [0.2, 0.25) is 5.02 Å². The Morgan fingerprint density at radius 1 is 1.64 bits per heavy atom. The summed E-state index contributed by atoms with van der Waals surface area (Å²) in [6.07, 6.45) is 0. The molecule has 0 spiro atoms. The third kappa shape index (κ3) is 1.53. The molecule has 0 saturated carbocycles. The van der Waals surface area contributed by atoms with E-state index in [0.29, 0.717) is 11.6 Å². The van der Waals surface area contributed by atoms with E-state index in [1.54, 1.807) is 6.07 Å². The van der Waals surface area contributed by atoms with Gasteiger partial charge in [0.1, 0.15) is 12.4 Å². The van der Waals surface area contributed by atoms with Crippen molar-refractivity contribution in [3.8, 4) is 5.75 Å². The molecule has 3 nitrogen and oxygen atoms in total. The van der Waals surface area contributed by atoms with Gasteiger partial charge in [-0.05, 0) is 12.1 Å². The number of hydrogen-bond donors (Lipinski definition) is 1. The van der Waals surface area contributed by atoms with Crippen LogP contribution in [0, 0.1) is 0 Å². The molecule has 76 valence electrons. The molecule has 1 heterocycles. The van der Waals surface area contributed by atoms with Crippen LogP contribution in [0.25, 0.3) is 0 Å². The summed E-state index contributed by atoms with van der Waals surface area (Å²) in [4.78, 5) is 2.01. The van der Waals surface area contributed by atoms with Crippen LogP contribution in [-0.4, -0.2) is 31.4 Å². The van der Waals surface area contributed by atoms with E-state index < -0.39 is 0 Å². The topological polar surface area (TPSA) is 32.7 Å². The fraction of sp³-hybridized carbons (Fsp3) is 0.400. The van der Waals surface area contributed by atoms with E-state index in [1.165, 1.54) is 0 Å². The molecule has 1 N–H and O–H groups in total. The van der Waals surface area contributed by atoms with Crippen molar-refractivity contribution in [2.45, 2.75) is 6.04 Å². The van der Waals surface area contributed by atoms with Gasteiger partial charge in [-0.15, -0.1) is 0 Å². The van der Waals surface area contributed by atoms with Crippen molar-refractivity contribution >= 4 is 17.3 Å². The average Bonchev–Trinajstić information content (AvgIpc) is 2.18. The predicted molar refractivity (Wildman–Crippen MR) is 56.2 cm³/mol. The van der Waals surface area contributed by atoms with Gasteiger partial charge in [0, 0.05) is 18.1 Å². The summed E-state index contributed by atoms with van der Waals surface area (Å²) in [6, 6.07) is 5.55. The molecule has 14 heavy (non-hydrogen) atoms. The monoisotopic (exact) mass is 213 g/mol. The molecule has 0 aliphatic carbocycles. The molecule has 1 unspecified atom stereocenters. The van der Waals surface area contributed by atoms with Gasteiger partial charge in [-0.2, -0.15) is 0 Å². The van der Waals surface area contributed by atoms with E-state index in [0.717, 1.165) is 11.4 Å². The molecular formula is C10H12ClNO2. The highest BCUT2D eigenvalue weighted by Crippen LogP contribution is 2.34. The van der Waals surface area contributed by atoms with Crippen LogP contribution in [0.15, 0.2) is 18.2 Å². The second-order valence-corrected chi connectivity index (χ2v) is 3.81. The van der Waals surface area contributed by atoms with E-state index in [1.807, 2.05) is 24.1 Å². The van der Waals surface area contributed by atoms with Crippen LogP contribution < -0.4 is 9.64 Å². The first-order valence-electron chi connectivity index (χ1n) is 4.48. The van der Waals surface area contributed by atoms with Crippen LogP contribution >= 0.6 is 11.6 Å². The first kappa shape index (κ1) is 9.62. The Labute approximate surface area is 87.9 Å². The number of nitrogens with zero attached hydrogens (tertiary/aromatic N) is 1. The van der Waals surface area contributed by atoms with Crippen LogP contribution in [0.3, 0.4) is 0 Å². The van der Waals surface area contributed by atoms with Crippen LogP contribution in [0.4, 0.5) is 5.69 Å². The molecular weight excluding hydrogens is 202 g/mol. The highest BCUT2D eigenvalue weighted by molar-refractivity contribution is 6.30. The standard InChI is InChI=1S/C10H12ClNO2/c1-12-8(5-13)6-14-10-4-7(11)2-3-9(10)12/h2-4,8,13H,5-6H2,1H3. The quantitative estimate of drug-likeness (QED) is 0.768. The van der Waals surface area contributed by atoms with Crippen molar-refractivity contribution in [3.63, 3.8) is 0 Å². The van der Waals surface area contributed by atoms with Crippen molar-refractivity contribution < 1.29 is 9.84 Å². The van der Waals surface area contributed by atoms with Crippen molar-refractivity contribution in [1.29, 1.82) is 0 Å². The summed E-state index contributed by atoms with van der Waals surface area (Å²) in [7, 11) is 1.94. The molecule has 0 radical (unpaired) electrons. The number of rotatable bonds is 1. The fourth-order valence-electron chi connectivity index (χ4n) is 1.56. The molecule has 1 aromatic rings. The van der Waals surface area contributed by atoms with Gasteiger partial charge < -0.3 is 14.7 Å². The Bertz CT molecular complexity index is 343. The summed E-state index contributed by atoms with van der Waals surface area (Å²) in [5.41, 5.74) is 0.972.